The van der Waals surface area contributed by atoms with Crippen LogP contribution in [-0.2, 0) is 6.54 Å². The number of anilines is 2. The van der Waals surface area contributed by atoms with Gasteiger partial charge in [-0.15, -0.1) is 0 Å². The van der Waals surface area contributed by atoms with Crippen molar-refractivity contribution in [3.05, 3.63) is 71.5 Å². The Bertz CT molecular complexity index is 945. The van der Waals surface area contributed by atoms with Crippen molar-refractivity contribution >= 4 is 34.1 Å². The maximum atomic E-state index is 12.7. The lowest BCUT2D eigenvalue weighted by molar-refractivity contribution is 0.103. The van der Waals surface area contributed by atoms with Crippen LogP contribution in [0.25, 0.3) is 0 Å². The van der Waals surface area contributed by atoms with Crippen molar-refractivity contribution in [2.75, 3.05) is 23.3 Å². The van der Waals surface area contributed by atoms with E-state index < -0.39 is 0 Å². The minimum Gasteiger partial charge on any atom is -0.320 e. The Morgan fingerprint density at radius 1 is 1.11 bits per heavy atom. The average molecular weight is 379 g/mol. The van der Waals surface area contributed by atoms with Crippen LogP contribution in [0.2, 0.25) is 0 Å². The molecule has 0 atom stereocenters. The van der Waals surface area contributed by atoms with Crippen molar-refractivity contribution in [1.29, 1.82) is 0 Å². The summed E-state index contributed by atoms with van der Waals surface area (Å²) in [5.74, 6) is -0.264. The zero-order valence-electron chi connectivity index (χ0n) is 14.4. The Kier molecular flexibility index (Phi) is 4.80. The maximum absolute atomic E-state index is 12.7. The molecule has 3 amide bonds. The second-order valence-corrected chi connectivity index (χ2v) is 7.05. The first kappa shape index (κ1) is 17.2. The molecule has 4 rings (SSSR count). The van der Waals surface area contributed by atoms with Crippen LogP contribution >= 0.6 is 11.3 Å². The number of carbonyl (C=O) groups excluding carboxylic acids is 2. The van der Waals surface area contributed by atoms with Crippen molar-refractivity contribution in [2.45, 2.75) is 6.54 Å². The van der Waals surface area contributed by atoms with Crippen molar-refractivity contribution < 1.29 is 9.59 Å². The smallest absolute Gasteiger partial charge is 0.320 e. The van der Waals surface area contributed by atoms with Gasteiger partial charge in [0.15, 0.2) is 5.13 Å². The predicted molar refractivity (Wildman–Crippen MR) is 104 cm³/mol. The van der Waals surface area contributed by atoms with E-state index >= 15 is 0 Å². The number of benzene rings is 1. The van der Waals surface area contributed by atoms with Gasteiger partial charge < -0.3 is 10.2 Å². The van der Waals surface area contributed by atoms with Crippen molar-refractivity contribution in [3.8, 4) is 0 Å². The number of rotatable bonds is 5. The first-order valence-electron chi connectivity index (χ1n) is 8.48. The minimum absolute atomic E-state index is 0.0904. The number of nitrogens with one attached hydrogen (secondary N) is 1. The number of nitrogens with zero attached hydrogens (tertiary/aromatic N) is 4. The fourth-order valence-corrected chi connectivity index (χ4v) is 3.67. The van der Waals surface area contributed by atoms with Gasteiger partial charge in [0.25, 0.3) is 5.91 Å². The molecule has 0 unspecified atom stereocenters. The van der Waals surface area contributed by atoms with Gasteiger partial charge in [0, 0.05) is 25.8 Å². The van der Waals surface area contributed by atoms with E-state index in [0.29, 0.717) is 35.3 Å². The van der Waals surface area contributed by atoms with Crippen LogP contribution in [0.4, 0.5) is 15.6 Å². The van der Waals surface area contributed by atoms with Gasteiger partial charge in [0.2, 0.25) is 0 Å². The van der Waals surface area contributed by atoms with Crippen LogP contribution in [0.1, 0.15) is 15.2 Å². The molecule has 1 aromatic carbocycles. The SMILES string of the molecule is O=C(Nc1cccnc1)c1cnc(N2CCN(Cc3ccccc3)C2=O)s1. The molecule has 3 heterocycles. The first-order chi connectivity index (χ1) is 13.2. The van der Waals surface area contributed by atoms with Gasteiger partial charge in [0.1, 0.15) is 4.88 Å². The highest BCUT2D eigenvalue weighted by Crippen LogP contribution is 2.27. The predicted octanol–water partition coefficient (Wildman–Crippen LogP) is 3.23. The summed E-state index contributed by atoms with van der Waals surface area (Å²) in [5, 5.41) is 3.30. The van der Waals surface area contributed by atoms with Gasteiger partial charge in [-0.2, -0.15) is 0 Å². The molecule has 0 saturated carbocycles. The van der Waals surface area contributed by atoms with E-state index in [1.807, 2.05) is 30.3 Å². The number of aromatic nitrogens is 2. The Morgan fingerprint density at radius 2 is 1.96 bits per heavy atom. The molecule has 8 heteroatoms. The molecule has 3 aromatic rings. The van der Waals surface area contributed by atoms with E-state index in [-0.39, 0.29) is 11.9 Å². The number of pyridine rings is 1. The number of hydrogen-bond acceptors (Lipinski definition) is 5. The molecule has 0 bridgehead atoms. The molecule has 136 valence electrons. The van der Waals surface area contributed by atoms with Gasteiger partial charge in [-0.05, 0) is 17.7 Å². The fraction of sp³-hybridized carbons (Fsp3) is 0.158. The third kappa shape index (κ3) is 3.80. The molecule has 1 saturated heterocycles. The third-order valence-electron chi connectivity index (χ3n) is 4.18. The molecule has 2 aromatic heterocycles. The highest BCUT2D eigenvalue weighted by molar-refractivity contribution is 7.17. The zero-order chi connectivity index (χ0) is 18.6. The van der Waals surface area contributed by atoms with E-state index in [1.54, 1.807) is 34.3 Å². The van der Waals surface area contributed by atoms with E-state index in [1.165, 1.54) is 17.5 Å². The second-order valence-electron chi connectivity index (χ2n) is 6.04. The summed E-state index contributed by atoms with van der Waals surface area (Å²) in [6.07, 6.45) is 4.71. The summed E-state index contributed by atoms with van der Waals surface area (Å²) in [4.78, 5) is 37.1. The monoisotopic (exact) mass is 379 g/mol. The third-order valence-corrected chi connectivity index (χ3v) is 5.20. The largest absolute Gasteiger partial charge is 0.326 e. The lowest BCUT2D eigenvalue weighted by atomic mass is 10.2. The second kappa shape index (κ2) is 7.55. The molecular formula is C19H17N5O2S. The highest BCUT2D eigenvalue weighted by Gasteiger charge is 2.31. The Hall–Kier alpha value is -3.26. The molecule has 1 aliphatic heterocycles. The molecule has 0 spiro atoms. The molecule has 1 N–H and O–H groups in total. The summed E-state index contributed by atoms with van der Waals surface area (Å²) in [6.45, 7) is 1.75. The summed E-state index contributed by atoms with van der Waals surface area (Å²) < 4.78 is 0. The lowest BCUT2D eigenvalue weighted by Crippen LogP contribution is -2.31. The summed E-state index contributed by atoms with van der Waals surface area (Å²) in [6, 6.07) is 13.3. The normalized spacial score (nSPS) is 13.9. The molecule has 1 aliphatic rings. The van der Waals surface area contributed by atoms with E-state index in [9.17, 15) is 9.59 Å². The van der Waals surface area contributed by atoms with Gasteiger partial charge in [-0.1, -0.05) is 41.7 Å². The zero-order valence-corrected chi connectivity index (χ0v) is 15.2. The van der Waals surface area contributed by atoms with E-state index in [0.717, 1.165) is 5.56 Å². The highest BCUT2D eigenvalue weighted by atomic mass is 32.1. The van der Waals surface area contributed by atoms with Gasteiger partial charge in [-0.25, -0.2) is 9.78 Å². The standard InChI is InChI=1S/C19H17N5O2S/c25-17(22-15-7-4-8-20-11-15)16-12-21-18(27-16)24-10-9-23(19(24)26)13-14-5-2-1-3-6-14/h1-8,11-12H,9-10,13H2,(H,22,25). The Labute approximate surface area is 160 Å². The number of thiazole rings is 1. The number of amides is 3. The molecule has 0 aliphatic carbocycles. The summed E-state index contributed by atoms with van der Waals surface area (Å²) in [7, 11) is 0. The van der Waals surface area contributed by atoms with Crippen molar-refractivity contribution in [1.82, 2.24) is 14.9 Å². The molecule has 7 nitrogen and oxygen atoms in total. The minimum atomic E-state index is -0.264. The maximum Gasteiger partial charge on any atom is 0.326 e. The van der Waals surface area contributed by atoms with Crippen LogP contribution in [0.5, 0.6) is 0 Å². The van der Waals surface area contributed by atoms with Crippen LogP contribution in [0, 0.1) is 0 Å². The topological polar surface area (TPSA) is 78.4 Å². The fourth-order valence-electron chi connectivity index (χ4n) is 2.83. The van der Waals surface area contributed by atoms with Crippen LogP contribution in [0.3, 0.4) is 0 Å². The van der Waals surface area contributed by atoms with Gasteiger partial charge in [-0.3, -0.25) is 14.7 Å². The summed E-state index contributed by atoms with van der Waals surface area (Å²) in [5.41, 5.74) is 1.70. The van der Waals surface area contributed by atoms with Crippen LogP contribution < -0.4 is 10.2 Å². The lowest BCUT2D eigenvalue weighted by Gasteiger charge is -2.16. The molecule has 27 heavy (non-hydrogen) atoms. The van der Waals surface area contributed by atoms with E-state index in [2.05, 4.69) is 15.3 Å². The number of urea groups is 1. The van der Waals surface area contributed by atoms with E-state index in [4.69, 9.17) is 0 Å². The van der Waals surface area contributed by atoms with Crippen molar-refractivity contribution in [2.24, 2.45) is 0 Å². The molecular weight excluding hydrogens is 362 g/mol. The van der Waals surface area contributed by atoms with Gasteiger partial charge in [0.05, 0.1) is 18.1 Å². The Morgan fingerprint density at radius 3 is 2.74 bits per heavy atom. The quantitative estimate of drug-likeness (QED) is 0.738. The molecule has 1 fully saturated rings. The van der Waals surface area contributed by atoms with Crippen molar-refractivity contribution in [3.63, 3.8) is 0 Å². The number of carbonyl (C=O) groups is 2. The summed E-state index contributed by atoms with van der Waals surface area (Å²) >= 11 is 1.20. The Balaban J connectivity index is 1.42. The van der Waals surface area contributed by atoms with Gasteiger partial charge >= 0.3 is 6.03 Å². The number of hydrogen-bond donors (Lipinski definition) is 1. The first-order valence-corrected chi connectivity index (χ1v) is 9.30. The average Bonchev–Trinajstić information content (AvgIpc) is 3.31. The molecule has 0 radical (unpaired) electrons. The van der Waals surface area contributed by atoms with Crippen LogP contribution in [-0.4, -0.2) is 39.9 Å². The van der Waals surface area contributed by atoms with Crippen LogP contribution in [0.15, 0.2) is 61.1 Å².